The number of hydrogen-bond acceptors (Lipinski definition) is 9. The molecule has 1 unspecified atom stereocenters. The van der Waals surface area contributed by atoms with Crippen molar-refractivity contribution in [3.8, 4) is 5.75 Å². The van der Waals surface area contributed by atoms with Gasteiger partial charge in [-0.05, 0) is 125 Å². The molecule has 336 valence electrons. The maximum absolute atomic E-state index is 13.6. The first-order chi connectivity index (χ1) is 30.0. The van der Waals surface area contributed by atoms with Gasteiger partial charge in [0.2, 0.25) is 5.91 Å². The molecular weight excluding hydrogens is 839 g/mol. The minimum atomic E-state index is -4.68. The molecule has 2 saturated carbocycles. The first-order valence-corrected chi connectivity index (χ1v) is 22.1. The Morgan fingerprint density at radius 3 is 2.41 bits per heavy atom. The maximum Gasteiger partial charge on any atom is 0.433 e. The van der Waals surface area contributed by atoms with E-state index in [4.69, 9.17) is 21.3 Å². The molecular formula is C46H53ClF3N7O6. The third-order valence-electron chi connectivity index (χ3n) is 13.9. The van der Waals surface area contributed by atoms with Gasteiger partial charge in [-0.15, -0.1) is 0 Å². The lowest BCUT2D eigenvalue weighted by Gasteiger charge is -2.47. The average Bonchev–Trinajstić information content (AvgIpc) is 3.67. The summed E-state index contributed by atoms with van der Waals surface area (Å²) in [5, 5.41) is 18.5. The number of hydrogen-bond donors (Lipinski definition) is 3. The second kappa shape index (κ2) is 17.8. The summed E-state index contributed by atoms with van der Waals surface area (Å²) in [6.45, 7) is 3.05. The van der Waals surface area contributed by atoms with Gasteiger partial charge < -0.3 is 25.0 Å². The number of likely N-dealkylation sites (N-methyl/N-ethyl adjacent to an activating group) is 1. The molecule has 8 rings (SSSR count). The van der Waals surface area contributed by atoms with Crippen molar-refractivity contribution >= 4 is 52.8 Å². The summed E-state index contributed by atoms with van der Waals surface area (Å²) < 4.78 is 45.1. The Balaban J connectivity index is 0.790. The number of halogens is 4. The van der Waals surface area contributed by atoms with Crippen LogP contribution in [0.1, 0.15) is 97.2 Å². The van der Waals surface area contributed by atoms with Crippen LogP contribution >= 0.6 is 11.6 Å². The Kier molecular flexibility index (Phi) is 12.6. The van der Waals surface area contributed by atoms with E-state index in [0.29, 0.717) is 71.5 Å². The topological polar surface area (TPSA) is 157 Å². The third-order valence-corrected chi connectivity index (χ3v) is 14.2. The molecule has 2 saturated heterocycles. The second-order valence-corrected chi connectivity index (χ2v) is 18.6. The van der Waals surface area contributed by atoms with Crippen LogP contribution < -0.4 is 30.8 Å². The molecule has 13 nitrogen and oxygen atoms in total. The number of alkyl halides is 3. The summed E-state index contributed by atoms with van der Waals surface area (Å²) in [7, 11) is 3.55. The number of imide groups is 1. The van der Waals surface area contributed by atoms with Gasteiger partial charge in [-0.1, -0.05) is 23.7 Å². The predicted molar refractivity (Wildman–Crippen MR) is 230 cm³/mol. The Morgan fingerprint density at radius 2 is 1.73 bits per heavy atom. The summed E-state index contributed by atoms with van der Waals surface area (Å²) >= 11 is 6.42. The van der Waals surface area contributed by atoms with Gasteiger partial charge in [0.05, 0.1) is 40.5 Å². The highest BCUT2D eigenvalue weighted by Gasteiger charge is 2.41. The Hall–Kier alpha value is -5.06. The second-order valence-electron chi connectivity index (χ2n) is 18.2. The number of ether oxygens (including phenoxy) is 1. The van der Waals surface area contributed by atoms with Crippen LogP contribution in [0.4, 0.5) is 29.3 Å². The van der Waals surface area contributed by atoms with Crippen LogP contribution in [0.25, 0.3) is 6.08 Å². The molecule has 1 spiro atoms. The van der Waals surface area contributed by atoms with Gasteiger partial charge in [0.25, 0.3) is 11.8 Å². The van der Waals surface area contributed by atoms with Crippen molar-refractivity contribution in [2.45, 2.75) is 88.4 Å². The Labute approximate surface area is 368 Å². The first kappa shape index (κ1) is 44.5. The summed E-state index contributed by atoms with van der Waals surface area (Å²) in [5.41, 5.74) is -0.904. The van der Waals surface area contributed by atoms with Crippen LogP contribution in [-0.4, -0.2) is 102 Å². The Bertz CT molecular complexity index is 2390. The number of carbonyl (C=O) groups is 4. The number of carbonyl (C=O) groups excluding carboxylic acids is 4. The van der Waals surface area contributed by atoms with Crippen molar-refractivity contribution in [2.24, 2.45) is 22.2 Å². The van der Waals surface area contributed by atoms with Gasteiger partial charge in [0.15, 0.2) is 0 Å². The zero-order valence-corrected chi connectivity index (χ0v) is 36.2. The van der Waals surface area contributed by atoms with Crippen LogP contribution in [0.15, 0.2) is 53.5 Å². The van der Waals surface area contributed by atoms with Gasteiger partial charge >= 0.3 is 12.2 Å². The van der Waals surface area contributed by atoms with E-state index in [-0.39, 0.29) is 47.8 Å². The number of urea groups is 1. The number of benzene rings is 2. The van der Waals surface area contributed by atoms with Crippen molar-refractivity contribution < 1.29 is 42.2 Å². The normalized spacial score (nSPS) is 23.8. The number of aromatic nitrogens is 1. The monoisotopic (exact) mass is 891 g/mol. The summed E-state index contributed by atoms with van der Waals surface area (Å²) in [6, 6.07) is 10.9. The molecule has 3 N–H and O–H groups in total. The van der Waals surface area contributed by atoms with E-state index in [1.807, 2.05) is 11.0 Å². The van der Waals surface area contributed by atoms with Crippen LogP contribution in [0.2, 0.25) is 5.02 Å². The van der Waals surface area contributed by atoms with Crippen molar-refractivity contribution in [3.63, 3.8) is 0 Å². The fourth-order valence-corrected chi connectivity index (χ4v) is 10.5. The molecule has 3 aliphatic heterocycles. The van der Waals surface area contributed by atoms with Gasteiger partial charge in [-0.2, -0.15) is 13.2 Å². The highest BCUT2D eigenvalue weighted by atomic mass is 35.5. The number of nitrogens with one attached hydrogen (secondary N) is 2. The van der Waals surface area contributed by atoms with E-state index < -0.39 is 29.4 Å². The molecule has 5 aliphatic rings. The van der Waals surface area contributed by atoms with E-state index in [2.05, 4.69) is 27.6 Å². The first-order valence-electron chi connectivity index (χ1n) is 21.7. The lowest BCUT2D eigenvalue weighted by Crippen LogP contribution is -2.49. The number of anilines is 2. The van der Waals surface area contributed by atoms with Crippen LogP contribution in [0, 0.1) is 17.3 Å². The van der Waals surface area contributed by atoms with Crippen LogP contribution in [0.5, 0.6) is 5.75 Å². The van der Waals surface area contributed by atoms with Gasteiger partial charge in [0, 0.05) is 56.0 Å². The number of amides is 5. The zero-order valence-electron chi connectivity index (χ0n) is 35.5. The van der Waals surface area contributed by atoms with Gasteiger partial charge in [-0.3, -0.25) is 29.6 Å². The fourth-order valence-electron chi connectivity index (χ4n) is 10.3. The smallest absolute Gasteiger partial charge is 0.433 e. The highest BCUT2D eigenvalue weighted by molar-refractivity contribution is 6.34. The fraction of sp³-hybridized carbons (Fsp3) is 0.522. The molecule has 1 aromatic heterocycles. The quantitative estimate of drug-likeness (QED) is 0.217. The van der Waals surface area contributed by atoms with E-state index in [0.717, 1.165) is 75.3 Å². The van der Waals surface area contributed by atoms with E-state index in [1.165, 1.54) is 18.1 Å². The molecule has 0 radical (unpaired) electrons. The lowest BCUT2D eigenvalue weighted by molar-refractivity contribution is -0.141. The number of pyridine rings is 1. The number of aliphatic hydroxyl groups is 1. The van der Waals surface area contributed by atoms with Crippen LogP contribution in [-0.2, 0) is 11.0 Å². The van der Waals surface area contributed by atoms with Crippen molar-refractivity contribution in [1.29, 1.82) is 0 Å². The number of likely N-dealkylation sites (tertiary alicyclic amines) is 1. The van der Waals surface area contributed by atoms with Gasteiger partial charge in [0.1, 0.15) is 17.1 Å². The molecule has 17 heteroatoms. The summed E-state index contributed by atoms with van der Waals surface area (Å²) in [4.78, 5) is 64.7. The SMILES string of the molecule is COc1cc2c(cc1NC(=O)c1cccc(C(F)(F)F)n1)=CC(C1CCC(O)(CN(C)CC3CCC4(CC3)CCN(C(=O)c3ccc(Cl)c(N5CCC(=O)NC5=O)c3)CC4)CC1)N=2. The van der Waals surface area contributed by atoms with Crippen molar-refractivity contribution in [1.82, 2.24) is 20.1 Å². The van der Waals surface area contributed by atoms with E-state index in [1.54, 1.807) is 30.3 Å². The minimum Gasteiger partial charge on any atom is -0.494 e. The molecule has 2 aromatic carbocycles. The van der Waals surface area contributed by atoms with E-state index >= 15 is 0 Å². The molecule has 63 heavy (non-hydrogen) atoms. The Morgan fingerprint density at radius 1 is 1.00 bits per heavy atom. The molecule has 4 fully saturated rings. The number of methoxy groups -OCH3 is 1. The maximum atomic E-state index is 13.6. The van der Waals surface area contributed by atoms with Gasteiger partial charge in [-0.25, -0.2) is 9.78 Å². The number of fused-ring (bicyclic) bond motifs is 1. The minimum absolute atomic E-state index is 0.0867. The molecule has 5 amide bonds. The van der Waals surface area contributed by atoms with Crippen molar-refractivity contribution in [3.05, 3.63) is 81.1 Å². The van der Waals surface area contributed by atoms with E-state index in [9.17, 15) is 37.5 Å². The largest absolute Gasteiger partial charge is 0.494 e. The van der Waals surface area contributed by atoms with Crippen molar-refractivity contribution in [2.75, 3.05) is 57.1 Å². The number of rotatable bonds is 10. The summed E-state index contributed by atoms with van der Waals surface area (Å²) in [6.07, 6.45) is 6.78. The molecule has 3 aromatic rings. The third kappa shape index (κ3) is 9.87. The molecule has 0 bridgehead atoms. The molecule has 4 heterocycles. The standard InChI is InChI=1S/C46H53ClF3N7O6/c1-55(26-28-8-13-44(14-9-28)17-20-56(21-18-44)42(60)30-6-7-32(47)37(24-30)57-19-12-40(58)54-43(57)61)27-45(62)15-10-29(11-16-45)34-22-31-23-36(38(63-2)25-35(31)51-34)53-41(59)33-4-3-5-39(52-33)46(48,49)50/h3-7,22-25,28-29,34,62H,8-21,26-27H2,1-2H3,(H,53,59)(H,54,58,61). The average molecular weight is 892 g/mol. The zero-order chi connectivity index (χ0) is 44.7. The predicted octanol–water partition coefficient (Wildman–Crippen LogP) is 6.21. The number of piperidine rings is 1. The number of nitrogens with zero attached hydrogens (tertiary/aromatic N) is 5. The summed E-state index contributed by atoms with van der Waals surface area (Å²) in [5.74, 6) is -0.128. The van der Waals surface area contributed by atoms with Crippen LogP contribution in [0.3, 0.4) is 0 Å². The highest BCUT2D eigenvalue weighted by Crippen LogP contribution is 2.47. The molecule has 1 atom stereocenters. The molecule has 2 aliphatic carbocycles. The lowest BCUT2D eigenvalue weighted by atomic mass is 9.65.